The van der Waals surface area contributed by atoms with Gasteiger partial charge in [-0.15, -0.1) is 0 Å². The van der Waals surface area contributed by atoms with Gasteiger partial charge in [0.15, 0.2) is 6.61 Å². The summed E-state index contributed by atoms with van der Waals surface area (Å²) in [7, 11) is 0. The molecule has 1 amide bonds. The molecule has 1 fully saturated rings. The largest absolute Gasteiger partial charge is 0.482 e. The fourth-order valence-electron chi connectivity index (χ4n) is 2.57. The Balaban J connectivity index is 1.71. The zero-order valence-corrected chi connectivity index (χ0v) is 13.3. The van der Waals surface area contributed by atoms with Crippen molar-refractivity contribution in [1.82, 2.24) is 5.32 Å². The summed E-state index contributed by atoms with van der Waals surface area (Å²) in [5.74, 6) is -0.551. The molecule has 6 nitrogen and oxygen atoms in total. The molecular weight excluding hydrogens is 298 g/mol. The molecule has 0 aromatic heterocycles. The second kappa shape index (κ2) is 8.53. The summed E-state index contributed by atoms with van der Waals surface area (Å²) in [6.45, 7) is 2.07. The lowest BCUT2D eigenvalue weighted by atomic mass is 10.1. The van der Waals surface area contributed by atoms with Gasteiger partial charge in [0.1, 0.15) is 5.75 Å². The van der Waals surface area contributed by atoms with Crippen LogP contribution in [0.5, 0.6) is 5.75 Å². The molecule has 0 spiro atoms. The minimum Gasteiger partial charge on any atom is -0.482 e. The zero-order chi connectivity index (χ0) is 16.7. The normalized spacial score (nSPS) is 20.2. The summed E-state index contributed by atoms with van der Waals surface area (Å²) in [5.41, 5.74) is 0.868. The Bertz CT molecular complexity index is 546. The number of ether oxygens (including phenoxy) is 2. The maximum atomic E-state index is 11.9. The van der Waals surface area contributed by atoms with Crippen LogP contribution in [0.2, 0.25) is 0 Å². The molecule has 23 heavy (non-hydrogen) atoms. The van der Waals surface area contributed by atoms with Crippen LogP contribution in [-0.2, 0) is 20.9 Å². The molecule has 2 atom stereocenters. The Morgan fingerprint density at radius 1 is 1.39 bits per heavy atom. The van der Waals surface area contributed by atoms with E-state index in [1.165, 1.54) is 0 Å². The molecule has 2 N–H and O–H groups in total. The van der Waals surface area contributed by atoms with E-state index in [1.807, 2.05) is 6.07 Å². The third-order valence-electron chi connectivity index (χ3n) is 3.76. The second-order valence-corrected chi connectivity index (χ2v) is 5.79. The number of carboxylic acids is 1. The van der Waals surface area contributed by atoms with Crippen LogP contribution in [0, 0.1) is 0 Å². The SMILES string of the molecule is CC1CCC(CCC(=O)NCc2cccc(OCC(=O)O)c2)O1. The van der Waals surface area contributed by atoms with Crippen molar-refractivity contribution in [3.63, 3.8) is 0 Å². The van der Waals surface area contributed by atoms with E-state index in [0.29, 0.717) is 24.8 Å². The van der Waals surface area contributed by atoms with E-state index in [1.54, 1.807) is 18.2 Å². The molecule has 0 aliphatic carbocycles. The molecule has 1 aliphatic rings. The van der Waals surface area contributed by atoms with Crippen LogP contribution in [0.1, 0.15) is 38.2 Å². The van der Waals surface area contributed by atoms with E-state index >= 15 is 0 Å². The van der Waals surface area contributed by atoms with Gasteiger partial charge in [-0.3, -0.25) is 4.79 Å². The van der Waals surface area contributed by atoms with Crippen molar-refractivity contribution in [1.29, 1.82) is 0 Å². The Hall–Kier alpha value is -2.08. The summed E-state index contributed by atoms with van der Waals surface area (Å²) < 4.78 is 10.8. The molecule has 6 heteroatoms. The predicted molar refractivity (Wildman–Crippen MR) is 84.2 cm³/mol. The quantitative estimate of drug-likeness (QED) is 0.766. The maximum Gasteiger partial charge on any atom is 0.341 e. The van der Waals surface area contributed by atoms with E-state index in [9.17, 15) is 9.59 Å². The van der Waals surface area contributed by atoms with E-state index < -0.39 is 5.97 Å². The van der Waals surface area contributed by atoms with Crippen molar-refractivity contribution in [3.8, 4) is 5.75 Å². The van der Waals surface area contributed by atoms with E-state index in [-0.39, 0.29) is 18.6 Å². The van der Waals surface area contributed by atoms with Gasteiger partial charge in [0.25, 0.3) is 0 Å². The van der Waals surface area contributed by atoms with Crippen LogP contribution in [0.3, 0.4) is 0 Å². The number of nitrogens with one attached hydrogen (secondary N) is 1. The van der Waals surface area contributed by atoms with Gasteiger partial charge in [-0.1, -0.05) is 12.1 Å². The number of hydrogen-bond donors (Lipinski definition) is 2. The Morgan fingerprint density at radius 2 is 2.22 bits per heavy atom. The molecule has 1 aliphatic heterocycles. The van der Waals surface area contributed by atoms with Crippen molar-refractivity contribution in [2.75, 3.05) is 6.61 Å². The molecular formula is C17H23NO5. The highest BCUT2D eigenvalue weighted by atomic mass is 16.5. The number of benzene rings is 1. The van der Waals surface area contributed by atoms with Crippen molar-refractivity contribution >= 4 is 11.9 Å². The Morgan fingerprint density at radius 3 is 2.91 bits per heavy atom. The average molecular weight is 321 g/mol. The zero-order valence-electron chi connectivity index (χ0n) is 13.3. The van der Waals surface area contributed by atoms with Gasteiger partial charge >= 0.3 is 5.97 Å². The number of aliphatic carboxylic acids is 1. The number of carboxylic acid groups (broad SMARTS) is 1. The van der Waals surface area contributed by atoms with Crippen LogP contribution in [0.4, 0.5) is 0 Å². The lowest BCUT2D eigenvalue weighted by molar-refractivity contribution is -0.139. The third kappa shape index (κ3) is 6.28. The van der Waals surface area contributed by atoms with E-state index in [2.05, 4.69) is 12.2 Å². The molecule has 1 saturated heterocycles. The lowest BCUT2D eigenvalue weighted by Gasteiger charge is -2.11. The minimum absolute atomic E-state index is 0.00925. The molecule has 0 saturated carbocycles. The highest BCUT2D eigenvalue weighted by Gasteiger charge is 2.22. The summed E-state index contributed by atoms with van der Waals surface area (Å²) in [6.07, 6.45) is 3.79. The fourth-order valence-corrected chi connectivity index (χ4v) is 2.57. The van der Waals surface area contributed by atoms with Crippen LogP contribution >= 0.6 is 0 Å². The van der Waals surface area contributed by atoms with Gasteiger partial charge in [0.05, 0.1) is 12.2 Å². The molecule has 1 heterocycles. The highest BCUT2D eigenvalue weighted by Crippen LogP contribution is 2.22. The topological polar surface area (TPSA) is 84.9 Å². The molecule has 1 aromatic rings. The standard InChI is InChI=1S/C17H23NO5/c1-12-5-6-14(23-12)7-8-16(19)18-10-13-3-2-4-15(9-13)22-11-17(20)21/h2-4,9,12,14H,5-8,10-11H2,1H3,(H,18,19)(H,20,21). The monoisotopic (exact) mass is 321 g/mol. The first kappa shape index (κ1) is 17.3. The molecule has 126 valence electrons. The highest BCUT2D eigenvalue weighted by molar-refractivity contribution is 5.75. The smallest absolute Gasteiger partial charge is 0.341 e. The molecule has 0 bridgehead atoms. The number of carbonyl (C=O) groups excluding carboxylic acids is 1. The van der Waals surface area contributed by atoms with Gasteiger partial charge < -0.3 is 19.9 Å². The van der Waals surface area contributed by atoms with Crippen LogP contribution in [-0.4, -0.2) is 35.8 Å². The van der Waals surface area contributed by atoms with E-state index in [0.717, 1.165) is 24.8 Å². The van der Waals surface area contributed by atoms with Crippen molar-refractivity contribution < 1.29 is 24.2 Å². The van der Waals surface area contributed by atoms with Gasteiger partial charge in [-0.2, -0.15) is 0 Å². The Labute approximate surface area is 135 Å². The summed E-state index contributed by atoms with van der Waals surface area (Å²) in [5, 5.41) is 11.5. The predicted octanol–water partition coefficient (Wildman–Crippen LogP) is 2.11. The van der Waals surface area contributed by atoms with Gasteiger partial charge in [0.2, 0.25) is 5.91 Å². The third-order valence-corrected chi connectivity index (χ3v) is 3.76. The maximum absolute atomic E-state index is 11.9. The summed E-state index contributed by atoms with van der Waals surface area (Å²) >= 11 is 0. The second-order valence-electron chi connectivity index (χ2n) is 5.79. The molecule has 0 radical (unpaired) electrons. The molecule has 1 aromatic carbocycles. The van der Waals surface area contributed by atoms with Crippen molar-refractivity contribution in [3.05, 3.63) is 29.8 Å². The van der Waals surface area contributed by atoms with Gasteiger partial charge in [-0.05, 0) is 43.9 Å². The van der Waals surface area contributed by atoms with Gasteiger partial charge in [-0.25, -0.2) is 4.79 Å². The molecule has 2 unspecified atom stereocenters. The van der Waals surface area contributed by atoms with Crippen LogP contribution in [0.15, 0.2) is 24.3 Å². The van der Waals surface area contributed by atoms with Crippen molar-refractivity contribution in [2.45, 2.75) is 51.4 Å². The first-order valence-electron chi connectivity index (χ1n) is 7.88. The number of carbonyl (C=O) groups is 2. The number of hydrogen-bond acceptors (Lipinski definition) is 4. The van der Waals surface area contributed by atoms with Gasteiger partial charge in [0, 0.05) is 13.0 Å². The molecule has 2 rings (SSSR count). The fraction of sp³-hybridized carbons (Fsp3) is 0.529. The summed E-state index contributed by atoms with van der Waals surface area (Å²) in [6, 6.07) is 7.04. The lowest BCUT2D eigenvalue weighted by Crippen LogP contribution is -2.24. The van der Waals surface area contributed by atoms with Crippen molar-refractivity contribution in [2.24, 2.45) is 0 Å². The number of rotatable bonds is 8. The summed E-state index contributed by atoms with van der Waals surface area (Å²) in [4.78, 5) is 22.4. The van der Waals surface area contributed by atoms with Crippen LogP contribution in [0.25, 0.3) is 0 Å². The van der Waals surface area contributed by atoms with E-state index in [4.69, 9.17) is 14.6 Å². The number of amides is 1. The first-order chi connectivity index (χ1) is 11.0. The average Bonchev–Trinajstić information content (AvgIpc) is 2.95. The first-order valence-corrected chi connectivity index (χ1v) is 7.88. The van der Waals surface area contributed by atoms with Crippen LogP contribution < -0.4 is 10.1 Å². The minimum atomic E-state index is -1.02. The Kier molecular flexibility index (Phi) is 6.40.